The fourth-order valence-electron chi connectivity index (χ4n) is 5.21. The highest BCUT2D eigenvalue weighted by atomic mass is 16.3. The van der Waals surface area contributed by atoms with Gasteiger partial charge in [0.05, 0.1) is 6.10 Å². The Morgan fingerprint density at radius 3 is 2.69 bits per heavy atom. The van der Waals surface area contributed by atoms with Crippen LogP contribution in [0.1, 0.15) is 36.2 Å². The van der Waals surface area contributed by atoms with Gasteiger partial charge in [0.2, 0.25) is 0 Å². The first kappa shape index (κ1) is 16.2. The second kappa shape index (κ2) is 6.32. The molecule has 1 N–H and O–H groups in total. The Labute approximate surface area is 152 Å². The fourth-order valence-corrected chi connectivity index (χ4v) is 5.21. The minimum Gasteiger partial charge on any atom is -0.391 e. The summed E-state index contributed by atoms with van der Waals surface area (Å²) in [6, 6.07) is 5.79. The van der Waals surface area contributed by atoms with Gasteiger partial charge in [0.25, 0.3) is 5.91 Å². The second-order valence-electron chi connectivity index (χ2n) is 8.02. The standard InChI is InChI=1S/C19H25N5O2/c25-17-9-14-11-23(10-13(14)8-16(17)22-6-1-2-7-22)19(26)15-4-3-5-18-20-12-21-24(15)18/h3-5,12-14,16-17,25H,1-2,6-11H2/t13-,14+,16-,17-/m1/s1. The van der Waals surface area contributed by atoms with E-state index in [-0.39, 0.29) is 18.1 Å². The van der Waals surface area contributed by atoms with E-state index >= 15 is 0 Å². The molecule has 2 aliphatic heterocycles. The molecule has 0 unspecified atom stereocenters. The van der Waals surface area contributed by atoms with Gasteiger partial charge >= 0.3 is 0 Å². The van der Waals surface area contributed by atoms with Crippen molar-refractivity contribution in [3.05, 3.63) is 30.2 Å². The zero-order chi connectivity index (χ0) is 17.7. The number of aliphatic hydroxyl groups is 1. The Hall–Kier alpha value is -1.99. The molecule has 5 rings (SSSR count). The highest BCUT2D eigenvalue weighted by molar-refractivity contribution is 5.93. The molecule has 2 aromatic rings. The average molecular weight is 355 g/mol. The number of likely N-dealkylation sites (tertiary alicyclic amines) is 2. The van der Waals surface area contributed by atoms with Crippen molar-refractivity contribution in [1.82, 2.24) is 24.4 Å². The molecule has 4 heterocycles. The minimum absolute atomic E-state index is 0.0164. The van der Waals surface area contributed by atoms with Gasteiger partial charge in [-0.2, -0.15) is 5.10 Å². The number of carbonyl (C=O) groups is 1. The van der Waals surface area contributed by atoms with Crippen LogP contribution in [0.2, 0.25) is 0 Å². The molecule has 3 fully saturated rings. The molecule has 4 atom stereocenters. The van der Waals surface area contributed by atoms with E-state index in [1.165, 1.54) is 19.2 Å². The fraction of sp³-hybridized carbons (Fsp3) is 0.632. The van der Waals surface area contributed by atoms with E-state index in [1.54, 1.807) is 4.52 Å². The number of hydrogen-bond donors (Lipinski definition) is 1. The van der Waals surface area contributed by atoms with E-state index < -0.39 is 0 Å². The van der Waals surface area contributed by atoms with Crippen molar-refractivity contribution in [2.45, 2.75) is 37.8 Å². The average Bonchev–Trinajstić information content (AvgIpc) is 3.38. The van der Waals surface area contributed by atoms with Crippen molar-refractivity contribution in [3.8, 4) is 0 Å². The first-order valence-corrected chi connectivity index (χ1v) is 9.71. The van der Waals surface area contributed by atoms with Gasteiger partial charge in [0, 0.05) is 19.1 Å². The summed E-state index contributed by atoms with van der Waals surface area (Å²) >= 11 is 0. The predicted octanol–water partition coefficient (Wildman–Crippen LogP) is 1.04. The molecule has 2 aromatic heterocycles. The van der Waals surface area contributed by atoms with E-state index in [0.29, 0.717) is 23.2 Å². The van der Waals surface area contributed by atoms with Crippen LogP contribution in [0.5, 0.6) is 0 Å². The topological polar surface area (TPSA) is 74.0 Å². The number of nitrogens with zero attached hydrogens (tertiary/aromatic N) is 5. The van der Waals surface area contributed by atoms with Crippen molar-refractivity contribution in [1.29, 1.82) is 0 Å². The van der Waals surface area contributed by atoms with Crippen LogP contribution >= 0.6 is 0 Å². The van der Waals surface area contributed by atoms with Gasteiger partial charge < -0.3 is 10.0 Å². The quantitative estimate of drug-likeness (QED) is 0.871. The summed E-state index contributed by atoms with van der Waals surface area (Å²) in [7, 11) is 0. The van der Waals surface area contributed by atoms with Crippen molar-refractivity contribution in [2.75, 3.05) is 26.2 Å². The maximum atomic E-state index is 13.1. The van der Waals surface area contributed by atoms with E-state index in [2.05, 4.69) is 15.0 Å². The van der Waals surface area contributed by atoms with Gasteiger partial charge in [-0.3, -0.25) is 9.69 Å². The molecule has 3 aliphatic rings. The summed E-state index contributed by atoms with van der Waals surface area (Å²) in [6.45, 7) is 3.73. The van der Waals surface area contributed by atoms with Gasteiger partial charge in [-0.15, -0.1) is 0 Å². The number of pyridine rings is 1. The molecule has 1 saturated carbocycles. The van der Waals surface area contributed by atoms with Crippen molar-refractivity contribution < 1.29 is 9.90 Å². The van der Waals surface area contributed by atoms with Crippen LogP contribution in [-0.4, -0.2) is 73.7 Å². The molecule has 1 amide bonds. The summed E-state index contributed by atoms with van der Waals surface area (Å²) in [4.78, 5) is 21.7. The van der Waals surface area contributed by atoms with Crippen LogP contribution in [0.3, 0.4) is 0 Å². The largest absolute Gasteiger partial charge is 0.391 e. The van der Waals surface area contributed by atoms with Crippen LogP contribution in [-0.2, 0) is 0 Å². The normalized spacial score (nSPS) is 32.3. The first-order valence-electron chi connectivity index (χ1n) is 9.71. The number of amides is 1. The molecule has 1 aliphatic carbocycles. The molecule has 2 saturated heterocycles. The van der Waals surface area contributed by atoms with Crippen LogP contribution in [0.15, 0.2) is 24.5 Å². The van der Waals surface area contributed by atoms with E-state index in [9.17, 15) is 9.90 Å². The van der Waals surface area contributed by atoms with Crippen molar-refractivity contribution >= 4 is 11.6 Å². The SMILES string of the molecule is O=C(c1cccc2ncnn12)N1C[C@H]2C[C@@H](N3CCCC3)[C@H](O)C[C@H]2C1. The zero-order valence-corrected chi connectivity index (χ0v) is 14.9. The van der Waals surface area contributed by atoms with Crippen molar-refractivity contribution in [3.63, 3.8) is 0 Å². The van der Waals surface area contributed by atoms with Gasteiger partial charge in [0.1, 0.15) is 12.0 Å². The Kier molecular flexibility index (Phi) is 3.94. The monoisotopic (exact) mass is 355 g/mol. The number of carbonyl (C=O) groups excluding carboxylic acids is 1. The Bertz CT molecular complexity index is 815. The highest BCUT2D eigenvalue weighted by Crippen LogP contribution is 2.39. The van der Waals surface area contributed by atoms with Crippen LogP contribution in [0.4, 0.5) is 0 Å². The predicted molar refractivity (Wildman–Crippen MR) is 95.7 cm³/mol. The lowest BCUT2D eigenvalue weighted by molar-refractivity contribution is -0.000864. The summed E-state index contributed by atoms with van der Waals surface area (Å²) in [5, 5.41) is 14.9. The van der Waals surface area contributed by atoms with E-state index in [4.69, 9.17) is 0 Å². The van der Waals surface area contributed by atoms with Gasteiger partial charge in [-0.1, -0.05) is 6.07 Å². The molecular weight excluding hydrogens is 330 g/mol. The number of rotatable bonds is 2. The number of hydrogen-bond acceptors (Lipinski definition) is 5. The van der Waals surface area contributed by atoms with Crippen LogP contribution in [0, 0.1) is 11.8 Å². The third-order valence-corrected chi connectivity index (χ3v) is 6.53. The lowest BCUT2D eigenvalue weighted by Gasteiger charge is -2.40. The summed E-state index contributed by atoms with van der Waals surface area (Å²) < 4.78 is 1.62. The van der Waals surface area contributed by atoms with Crippen molar-refractivity contribution in [2.24, 2.45) is 11.8 Å². The van der Waals surface area contributed by atoms with E-state index in [0.717, 1.165) is 39.0 Å². The number of aliphatic hydroxyl groups excluding tert-OH is 1. The lowest BCUT2D eigenvalue weighted by Crippen LogP contribution is -2.48. The molecule has 0 aromatic carbocycles. The van der Waals surface area contributed by atoms with Crippen LogP contribution < -0.4 is 0 Å². The smallest absolute Gasteiger partial charge is 0.272 e. The third-order valence-electron chi connectivity index (χ3n) is 6.53. The second-order valence-corrected chi connectivity index (χ2v) is 8.02. The molecular formula is C19H25N5O2. The maximum absolute atomic E-state index is 13.1. The van der Waals surface area contributed by atoms with E-state index in [1.807, 2.05) is 23.1 Å². The molecule has 7 heteroatoms. The van der Waals surface area contributed by atoms with Gasteiger partial charge in [0.15, 0.2) is 5.65 Å². The Balaban J connectivity index is 1.34. The molecule has 0 radical (unpaired) electrons. The molecule has 138 valence electrons. The maximum Gasteiger partial charge on any atom is 0.272 e. The summed E-state index contributed by atoms with van der Waals surface area (Å²) in [5.74, 6) is 0.911. The Morgan fingerprint density at radius 2 is 1.88 bits per heavy atom. The summed E-state index contributed by atoms with van der Waals surface area (Å²) in [5.41, 5.74) is 1.26. The summed E-state index contributed by atoms with van der Waals surface area (Å²) in [6.07, 6.45) is 5.51. The zero-order valence-electron chi connectivity index (χ0n) is 14.9. The lowest BCUT2D eigenvalue weighted by atomic mass is 9.77. The molecule has 0 spiro atoms. The minimum atomic E-state index is -0.261. The third kappa shape index (κ3) is 2.61. The van der Waals surface area contributed by atoms with Gasteiger partial charge in [-0.05, 0) is 62.7 Å². The number of aromatic nitrogens is 3. The van der Waals surface area contributed by atoms with Crippen LogP contribution in [0.25, 0.3) is 5.65 Å². The highest BCUT2D eigenvalue weighted by Gasteiger charge is 2.45. The Morgan fingerprint density at radius 1 is 1.12 bits per heavy atom. The van der Waals surface area contributed by atoms with Gasteiger partial charge in [-0.25, -0.2) is 9.50 Å². The number of fused-ring (bicyclic) bond motifs is 2. The molecule has 0 bridgehead atoms. The first-order chi connectivity index (χ1) is 12.7. The molecule has 26 heavy (non-hydrogen) atoms. The molecule has 7 nitrogen and oxygen atoms in total.